The van der Waals surface area contributed by atoms with E-state index < -0.39 is 10.0 Å². The van der Waals surface area contributed by atoms with Crippen molar-refractivity contribution < 1.29 is 13.2 Å². The number of hydrogen-bond acceptors (Lipinski definition) is 7. The zero-order chi connectivity index (χ0) is 25.7. The number of rotatable bonds is 6. The molecule has 1 fully saturated rings. The molecule has 5 rings (SSSR count). The van der Waals surface area contributed by atoms with Gasteiger partial charge in [0.05, 0.1) is 18.1 Å². The van der Waals surface area contributed by atoms with Crippen LogP contribution in [0.1, 0.15) is 11.4 Å². The molecular weight excluding hydrogens is 506 g/mol. The van der Waals surface area contributed by atoms with Gasteiger partial charge in [-0.2, -0.15) is 18.4 Å². The Bertz CT molecular complexity index is 1470. The van der Waals surface area contributed by atoms with Gasteiger partial charge in [0.25, 0.3) is 16.0 Å². The molecule has 0 N–H and O–H groups in total. The van der Waals surface area contributed by atoms with Crippen molar-refractivity contribution in [3.05, 3.63) is 96.3 Å². The standard InChI is InChI=1S/C27H27N5O3S2/c1-36-27(31-16-18-35-19-17-31)29-26-28-25(30-32(26)37(33,34)24-10-6-3-7-11-24)20-21-12-14-23(15-13-21)22-8-4-2-5-9-22/h2-15H,16-20H2,1H3/b29-27-. The summed E-state index contributed by atoms with van der Waals surface area (Å²) >= 11 is 1.44. The second-order valence-electron chi connectivity index (χ2n) is 8.43. The Hall–Kier alpha value is -3.47. The van der Waals surface area contributed by atoms with E-state index in [-0.39, 0.29) is 10.8 Å². The van der Waals surface area contributed by atoms with Gasteiger partial charge in [-0.3, -0.25) is 0 Å². The number of aromatic nitrogens is 3. The molecule has 3 aromatic carbocycles. The average molecular weight is 534 g/mol. The summed E-state index contributed by atoms with van der Waals surface area (Å²) in [6.07, 6.45) is 2.29. The maximum atomic E-state index is 13.5. The molecule has 0 atom stereocenters. The van der Waals surface area contributed by atoms with Crippen LogP contribution in [0.5, 0.6) is 0 Å². The van der Waals surface area contributed by atoms with E-state index in [9.17, 15) is 8.42 Å². The topological polar surface area (TPSA) is 89.7 Å². The van der Waals surface area contributed by atoms with E-state index in [0.717, 1.165) is 20.8 Å². The predicted octanol–water partition coefficient (Wildman–Crippen LogP) is 4.46. The van der Waals surface area contributed by atoms with Crippen LogP contribution >= 0.6 is 11.8 Å². The highest BCUT2D eigenvalue weighted by Crippen LogP contribution is 2.24. The predicted molar refractivity (Wildman–Crippen MR) is 147 cm³/mol. The zero-order valence-electron chi connectivity index (χ0n) is 20.4. The zero-order valence-corrected chi connectivity index (χ0v) is 22.0. The summed E-state index contributed by atoms with van der Waals surface area (Å²) in [4.78, 5) is 11.4. The second-order valence-corrected chi connectivity index (χ2v) is 11.0. The summed E-state index contributed by atoms with van der Waals surface area (Å²) in [5, 5.41) is 5.10. The fraction of sp³-hybridized carbons (Fsp3) is 0.222. The first-order valence-corrected chi connectivity index (χ1v) is 14.6. The maximum absolute atomic E-state index is 13.5. The highest BCUT2D eigenvalue weighted by atomic mass is 32.2. The van der Waals surface area contributed by atoms with Gasteiger partial charge < -0.3 is 9.64 Å². The largest absolute Gasteiger partial charge is 0.378 e. The van der Waals surface area contributed by atoms with Crippen molar-refractivity contribution in [2.24, 2.45) is 4.99 Å². The van der Waals surface area contributed by atoms with E-state index in [4.69, 9.17) is 4.74 Å². The average Bonchev–Trinajstić information content (AvgIpc) is 3.36. The lowest BCUT2D eigenvalue weighted by Crippen LogP contribution is -2.39. The number of aliphatic imine (C=N–C) groups is 1. The molecule has 0 unspecified atom stereocenters. The van der Waals surface area contributed by atoms with Crippen molar-refractivity contribution in [2.75, 3.05) is 32.6 Å². The van der Waals surface area contributed by atoms with Gasteiger partial charge in [-0.1, -0.05) is 84.6 Å². The van der Waals surface area contributed by atoms with Crippen LogP contribution in [0.2, 0.25) is 0 Å². The van der Waals surface area contributed by atoms with Gasteiger partial charge in [-0.25, -0.2) is 0 Å². The number of thioether (sulfide) groups is 1. The third-order valence-electron chi connectivity index (χ3n) is 5.96. The first-order chi connectivity index (χ1) is 18.0. The Morgan fingerprint density at radius 3 is 2.19 bits per heavy atom. The molecule has 0 radical (unpaired) electrons. The third-order valence-corrected chi connectivity index (χ3v) is 8.24. The van der Waals surface area contributed by atoms with Crippen molar-refractivity contribution in [1.82, 2.24) is 19.1 Å². The van der Waals surface area contributed by atoms with Crippen LogP contribution in [0.15, 0.2) is 94.8 Å². The molecule has 0 spiro atoms. The van der Waals surface area contributed by atoms with E-state index >= 15 is 0 Å². The minimum atomic E-state index is -3.98. The number of ether oxygens (including phenoxy) is 1. The molecule has 0 aliphatic carbocycles. The van der Waals surface area contributed by atoms with Crippen LogP contribution in [0.25, 0.3) is 11.1 Å². The monoisotopic (exact) mass is 533 g/mol. The van der Waals surface area contributed by atoms with Crippen molar-refractivity contribution in [2.45, 2.75) is 11.3 Å². The Kier molecular flexibility index (Phi) is 7.68. The van der Waals surface area contributed by atoms with Crippen LogP contribution in [0, 0.1) is 0 Å². The molecule has 10 heteroatoms. The summed E-state index contributed by atoms with van der Waals surface area (Å²) in [6.45, 7) is 2.55. The van der Waals surface area contributed by atoms with E-state index in [1.165, 1.54) is 11.8 Å². The molecule has 190 valence electrons. The Morgan fingerprint density at radius 2 is 1.54 bits per heavy atom. The van der Waals surface area contributed by atoms with Crippen molar-refractivity contribution in [3.8, 4) is 11.1 Å². The molecule has 0 bridgehead atoms. The molecule has 4 aromatic rings. The fourth-order valence-corrected chi connectivity index (χ4v) is 5.85. The number of benzene rings is 3. The molecule has 1 aromatic heterocycles. The van der Waals surface area contributed by atoms with E-state index in [1.807, 2.05) is 48.7 Å². The fourth-order valence-electron chi connectivity index (χ4n) is 4.04. The maximum Gasteiger partial charge on any atom is 0.286 e. The Balaban J connectivity index is 1.50. The van der Waals surface area contributed by atoms with Gasteiger partial charge in [0.1, 0.15) is 0 Å². The summed E-state index contributed by atoms with van der Waals surface area (Å²) in [7, 11) is -3.98. The molecule has 37 heavy (non-hydrogen) atoms. The van der Waals surface area contributed by atoms with Gasteiger partial charge in [0.15, 0.2) is 11.0 Å². The molecule has 1 aliphatic rings. The van der Waals surface area contributed by atoms with Crippen molar-refractivity contribution in [3.63, 3.8) is 0 Å². The summed E-state index contributed by atoms with van der Waals surface area (Å²) in [5.41, 5.74) is 3.22. The lowest BCUT2D eigenvalue weighted by Gasteiger charge is -2.28. The minimum absolute atomic E-state index is 0.0376. The quantitative estimate of drug-likeness (QED) is 0.267. The normalized spacial score (nSPS) is 14.6. The second kappa shape index (κ2) is 11.3. The number of hydrogen-bond donors (Lipinski definition) is 0. The summed E-state index contributed by atoms with van der Waals surface area (Å²) in [6, 6.07) is 26.5. The Morgan fingerprint density at radius 1 is 0.919 bits per heavy atom. The van der Waals surface area contributed by atoms with Gasteiger partial charge in [0, 0.05) is 19.5 Å². The van der Waals surface area contributed by atoms with E-state index in [1.54, 1.807) is 30.3 Å². The minimum Gasteiger partial charge on any atom is -0.378 e. The first-order valence-electron chi connectivity index (χ1n) is 11.9. The number of morpholine rings is 1. The smallest absolute Gasteiger partial charge is 0.286 e. The number of nitrogens with zero attached hydrogens (tertiary/aromatic N) is 5. The van der Waals surface area contributed by atoms with Crippen LogP contribution in [0.3, 0.4) is 0 Å². The van der Waals surface area contributed by atoms with Crippen LogP contribution in [-0.2, 0) is 21.2 Å². The SMILES string of the molecule is CS/C(=N\c1nc(Cc2ccc(-c3ccccc3)cc2)nn1S(=O)(=O)c1ccccc1)N1CCOCC1. The van der Waals surface area contributed by atoms with Gasteiger partial charge in [-0.15, -0.1) is 9.19 Å². The van der Waals surface area contributed by atoms with Crippen molar-refractivity contribution in [1.29, 1.82) is 0 Å². The molecule has 2 heterocycles. The van der Waals surface area contributed by atoms with Gasteiger partial charge in [-0.05, 0) is 35.1 Å². The first kappa shape index (κ1) is 25.2. The number of amidine groups is 1. The highest BCUT2D eigenvalue weighted by molar-refractivity contribution is 8.13. The van der Waals surface area contributed by atoms with Crippen LogP contribution in [0.4, 0.5) is 5.95 Å². The van der Waals surface area contributed by atoms with E-state index in [2.05, 4.69) is 32.1 Å². The summed E-state index contributed by atoms with van der Waals surface area (Å²) < 4.78 is 33.4. The molecule has 1 saturated heterocycles. The third kappa shape index (κ3) is 5.76. The molecular formula is C27H27N5O3S2. The summed E-state index contributed by atoms with van der Waals surface area (Å²) in [5.74, 6) is 0.420. The van der Waals surface area contributed by atoms with Gasteiger partial charge >= 0.3 is 0 Å². The molecule has 1 aliphatic heterocycles. The van der Waals surface area contributed by atoms with Crippen molar-refractivity contribution >= 4 is 32.9 Å². The molecule has 0 saturated carbocycles. The van der Waals surface area contributed by atoms with Gasteiger partial charge in [0.2, 0.25) is 0 Å². The molecule has 8 nitrogen and oxygen atoms in total. The van der Waals surface area contributed by atoms with Crippen LogP contribution < -0.4 is 0 Å². The lowest BCUT2D eigenvalue weighted by molar-refractivity contribution is 0.0693. The lowest BCUT2D eigenvalue weighted by atomic mass is 10.0. The van der Waals surface area contributed by atoms with E-state index in [0.29, 0.717) is 43.7 Å². The molecule has 0 amide bonds. The van der Waals surface area contributed by atoms with Crippen LogP contribution in [-0.4, -0.2) is 65.2 Å². The Labute approximate surface area is 221 Å². The highest BCUT2D eigenvalue weighted by Gasteiger charge is 2.25.